The summed E-state index contributed by atoms with van der Waals surface area (Å²) in [5.41, 5.74) is 3.02. The molecule has 0 aliphatic carbocycles. The van der Waals surface area contributed by atoms with E-state index in [-0.39, 0.29) is 18.2 Å². The zero-order valence-electron chi connectivity index (χ0n) is 15.7. The number of amides is 2. The van der Waals surface area contributed by atoms with E-state index in [1.54, 1.807) is 11.8 Å². The topological polar surface area (TPSA) is 52.7 Å². The van der Waals surface area contributed by atoms with Crippen LogP contribution in [0.2, 0.25) is 0 Å². The summed E-state index contributed by atoms with van der Waals surface area (Å²) < 4.78 is 0. The van der Waals surface area contributed by atoms with Crippen molar-refractivity contribution >= 4 is 23.2 Å². The largest absolute Gasteiger partial charge is 0.378 e. The van der Waals surface area contributed by atoms with E-state index in [4.69, 9.17) is 0 Å². The first-order valence-corrected chi connectivity index (χ1v) is 8.82. The van der Waals surface area contributed by atoms with Gasteiger partial charge in [0, 0.05) is 51.9 Å². The van der Waals surface area contributed by atoms with Gasteiger partial charge in [-0.3, -0.25) is 9.59 Å². The maximum atomic E-state index is 12.2. The summed E-state index contributed by atoms with van der Waals surface area (Å²) in [5.74, 6) is -0.0994. The fourth-order valence-electron chi connectivity index (χ4n) is 2.64. The molecule has 0 unspecified atom stereocenters. The third kappa shape index (κ3) is 6.24. The number of benzene rings is 2. The number of nitrogens with zero attached hydrogens (tertiary/aromatic N) is 2. The molecule has 2 aromatic rings. The first-order valence-electron chi connectivity index (χ1n) is 8.82. The summed E-state index contributed by atoms with van der Waals surface area (Å²) in [6.45, 7) is 2.58. The second-order valence-electron chi connectivity index (χ2n) is 6.48. The van der Waals surface area contributed by atoms with Crippen molar-refractivity contribution < 1.29 is 9.59 Å². The second kappa shape index (κ2) is 9.61. The van der Waals surface area contributed by atoms with E-state index in [9.17, 15) is 9.59 Å². The molecule has 0 saturated carbocycles. The lowest BCUT2D eigenvalue weighted by Gasteiger charge is -2.21. The van der Waals surface area contributed by atoms with Crippen LogP contribution in [0.1, 0.15) is 18.9 Å². The van der Waals surface area contributed by atoms with Gasteiger partial charge in [0.15, 0.2) is 0 Å². The number of carbonyl (C=O) groups excluding carboxylic acids is 2. The Morgan fingerprint density at radius 1 is 0.923 bits per heavy atom. The van der Waals surface area contributed by atoms with Crippen molar-refractivity contribution in [3.8, 4) is 0 Å². The molecule has 2 rings (SSSR count). The van der Waals surface area contributed by atoms with Crippen LogP contribution < -0.4 is 10.2 Å². The molecule has 0 aromatic heterocycles. The van der Waals surface area contributed by atoms with E-state index in [0.717, 1.165) is 17.8 Å². The smallest absolute Gasteiger partial charge is 0.226 e. The molecule has 0 bridgehead atoms. The maximum absolute atomic E-state index is 12.2. The minimum atomic E-state index is -0.0893. The molecule has 5 nitrogen and oxygen atoms in total. The van der Waals surface area contributed by atoms with Gasteiger partial charge >= 0.3 is 0 Å². The van der Waals surface area contributed by atoms with Gasteiger partial charge in [0.05, 0.1) is 0 Å². The highest BCUT2D eigenvalue weighted by Crippen LogP contribution is 2.15. The molecule has 138 valence electrons. The molecule has 0 fully saturated rings. The van der Waals surface area contributed by atoms with Gasteiger partial charge < -0.3 is 15.1 Å². The predicted molar refractivity (Wildman–Crippen MR) is 106 cm³/mol. The van der Waals surface area contributed by atoms with Crippen molar-refractivity contribution in [2.24, 2.45) is 0 Å². The van der Waals surface area contributed by atoms with Gasteiger partial charge in [-0.05, 0) is 36.2 Å². The molecule has 0 radical (unpaired) electrons. The van der Waals surface area contributed by atoms with Crippen molar-refractivity contribution in [2.45, 2.75) is 19.8 Å². The standard InChI is InChI=1S/C21H27N3O2/c1-17(25)24(15-13-18-7-5-4-6-8-18)16-14-21(26)22-19-9-11-20(12-10-19)23(2)3/h4-12H,13-16H2,1-3H3,(H,22,26). The van der Waals surface area contributed by atoms with E-state index in [1.807, 2.05) is 73.6 Å². The van der Waals surface area contributed by atoms with Crippen LogP contribution in [0, 0.1) is 0 Å². The highest BCUT2D eigenvalue weighted by atomic mass is 16.2. The van der Waals surface area contributed by atoms with Crippen molar-refractivity contribution in [1.82, 2.24) is 4.90 Å². The molecule has 2 amide bonds. The second-order valence-corrected chi connectivity index (χ2v) is 6.48. The van der Waals surface area contributed by atoms with Crippen molar-refractivity contribution in [1.29, 1.82) is 0 Å². The normalized spacial score (nSPS) is 10.3. The van der Waals surface area contributed by atoms with Crippen LogP contribution in [0.25, 0.3) is 0 Å². The molecule has 26 heavy (non-hydrogen) atoms. The summed E-state index contributed by atoms with van der Waals surface area (Å²) in [6, 6.07) is 17.7. The average molecular weight is 353 g/mol. The molecule has 0 heterocycles. The van der Waals surface area contributed by atoms with Gasteiger partial charge in [0.2, 0.25) is 11.8 Å². The Morgan fingerprint density at radius 3 is 2.15 bits per heavy atom. The van der Waals surface area contributed by atoms with Crippen LogP contribution in [0.5, 0.6) is 0 Å². The maximum Gasteiger partial charge on any atom is 0.226 e. The summed E-state index contributed by atoms with van der Waals surface area (Å²) in [5, 5.41) is 2.88. The van der Waals surface area contributed by atoms with Crippen LogP contribution in [0.4, 0.5) is 11.4 Å². The number of rotatable bonds is 8. The van der Waals surface area contributed by atoms with E-state index >= 15 is 0 Å². The van der Waals surface area contributed by atoms with Gasteiger partial charge in [-0.15, -0.1) is 0 Å². The Hall–Kier alpha value is -2.82. The zero-order chi connectivity index (χ0) is 18.9. The number of carbonyl (C=O) groups is 2. The van der Waals surface area contributed by atoms with Gasteiger partial charge in [0.25, 0.3) is 0 Å². The van der Waals surface area contributed by atoms with E-state index < -0.39 is 0 Å². The van der Waals surface area contributed by atoms with E-state index in [1.165, 1.54) is 5.56 Å². The Bertz CT molecular complexity index is 712. The summed E-state index contributed by atoms with van der Waals surface area (Å²) >= 11 is 0. The fourth-order valence-corrected chi connectivity index (χ4v) is 2.64. The van der Waals surface area contributed by atoms with Crippen molar-refractivity contribution in [3.05, 3.63) is 60.2 Å². The molecule has 0 spiro atoms. The molecule has 5 heteroatoms. The number of nitrogens with one attached hydrogen (secondary N) is 1. The third-order valence-corrected chi connectivity index (χ3v) is 4.23. The quantitative estimate of drug-likeness (QED) is 0.793. The number of anilines is 2. The predicted octanol–water partition coefficient (Wildman–Crippen LogP) is 3.17. The van der Waals surface area contributed by atoms with E-state index in [0.29, 0.717) is 13.1 Å². The first kappa shape index (κ1) is 19.5. The zero-order valence-corrected chi connectivity index (χ0v) is 15.7. The molecule has 0 atom stereocenters. The Balaban J connectivity index is 1.81. The SMILES string of the molecule is CC(=O)N(CCC(=O)Nc1ccc(N(C)C)cc1)CCc1ccccc1. The van der Waals surface area contributed by atoms with Crippen molar-refractivity contribution in [3.63, 3.8) is 0 Å². The van der Waals surface area contributed by atoms with Crippen LogP contribution in [0.3, 0.4) is 0 Å². The van der Waals surface area contributed by atoms with Gasteiger partial charge in [-0.2, -0.15) is 0 Å². The summed E-state index contributed by atoms with van der Waals surface area (Å²) in [4.78, 5) is 27.7. The Labute approximate surface area is 155 Å². The fraction of sp³-hybridized carbons (Fsp3) is 0.333. The van der Waals surface area contributed by atoms with Gasteiger partial charge in [0.1, 0.15) is 0 Å². The molecule has 0 aliphatic rings. The average Bonchev–Trinajstić information content (AvgIpc) is 2.62. The van der Waals surface area contributed by atoms with Crippen LogP contribution in [-0.4, -0.2) is 43.9 Å². The highest BCUT2D eigenvalue weighted by Gasteiger charge is 2.11. The third-order valence-electron chi connectivity index (χ3n) is 4.23. The first-order chi connectivity index (χ1) is 12.5. The van der Waals surface area contributed by atoms with Gasteiger partial charge in [-0.1, -0.05) is 30.3 Å². The van der Waals surface area contributed by atoms with Gasteiger partial charge in [-0.25, -0.2) is 0 Å². The number of hydrogen-bond acceptors (Lipinski definition) is 3. The highest BCUT2D eigenvalue weighted by molar-refractivity contribution is 5.91. The Morgan fingerprint density at radius 2 is 1.58 bits per heavy atom. The Kier molecular flexibility index (Phi) is 7.21. The summed E-state index contributed by atoms with van der Waals surface area (Å²) in [7, 11) is 3.94. The molecular weight excluding hydrogens is 326 g/mol. The monoisotopic (exact) mass is 353 g/mol. The lowest BCUT2D eigenvalue weighted by molar-refractivity contribution is -0.129. The lowest BCUT2D eigenvalue weighted by atomic mass is 10.1. The van der Waals surface area contributed by atoms with Crippen LogP contribution >= 0.6 is 0 Å². The minimum absolute atomic E-state index is 0.0101. The van der Waals surface area contributed by atoms with Crippen molar-refractivity contribution in [2.75, 3.05) is 37.4 Å². The summed E-state index contributed by atoms with van der Waals surface area (Å²) in [6.07, 6.45) is 1.07. The lowest BCUT2D eigenvalue weighted by Crippen LogP contribution is -2.33. The minimum Gasteiger partial charge on any atom is -0.378 e. The number of hydrogen-bond donors (Lipinski definition) is 1. The van der Waals surface area contributed by atoms with Crippen LogP contribution in [-0.2, 0) is 16.0 Å². The molecule has 0 saturated heterocycles. The molecular formula is C21H27N3O2. The van der Waals surface area contributed by atoms with Crippen LogP contribution in [0.15, 0.2) is 54.6 Å². The molecule has 1 N–H and O–H groups in total. The molecule has 2 aromatic carbocycles. The van der Waals surface area contributed by atoms with E-state index in [2.05, 4.69) is 5.32 Å². The molecule has 0 aliphatic heterocycles.